The van der Waals surface area contributed by atoms with Gasteiger partial charge >= 0.3 is 0 Å². The lowest BCUT2D eigenvalue weighted by atomic mass is 10.2. The molecule has 1 aliphatic rings. The summed E-state index contributed by atoms with van der Waals surface area (Å²) >= 11 is 1.58. The highest BCUT2D eigenvalue weighted by molar-refractivity contribution is 7.16. The number of rotatable bonds is 3. The van der Waals surface area contributed by atoms with Gasteiger partial charge in [-0.25, -0.2) is 9.98 Å². The second-order valence-electron chi connectivity index (χ2n) is 5.84. The molecule has 0 saturated heterocycles. The molecule has 5 nitrogen and oxygen atoms in total. The minimum absolute atomic E-state index is 0.181. The molecular weight excluding hydrogens is 332 g/mol. The molecule has 0 fully saturated rings. The van der Waals surface area contributed by atoms with Gasteiger partial charge in [0.25, 0.3) is 5.91 Å². The van der Waals surface area contributed by atoms with Crippen LogP contribution in [-0.2, 0) is 11.3 Å². The molecule has 0 bridgehead atoms. The van der Waals surface area contributed by atoms with E-state index in [1.165, 1.54) is 0 Å². The number of aliphatic imine (C=N–C) groups is 1. The van der Waals surface area contributed by atoms with Gasteiger partial charge in [0.15, 0.2) is 0 Å². The van der Waals surface area contributed by atoms with E-state index in [1.807, 2.05) is 53.9 Å². The Morgan fingerprint density at radius 2 is 2.04 bits per heavy atom. The molecule has 2 aromatic carbocycles. The fraction of sp³-hybridized carbons (Fsp3) is 0.105. The minimum Gasteiger partial charge on any atom is -0.341 e. The first-order valence-electron chi connectivity index (χ1n) is 7.89. The summed E-state index contributed by atoms with van der Waals surface area (Å²) in [5.74, 6) is 0.387. The highest BCUT2D eigenvalue weighted by atomic mass is 32.1. The average molecular weight is 348 g/mol. The number of guanidine groups is 1. The quantitative estimate of drug-likeness (QED) is 0.739. The van der Waals surface area contributed by atoms with Gasteiger partial charge in [-0.3, -0.25) is 10.1 Å². The number of carbonyl (C=O) groups excluding carboxylic acids is 1. The zero-order chi connectivity index (χ0) is 17.2. The Labute approximate surface area is 149 Å². The third-order valence-electron chi connectivity index (χ3n) is 3.97. The van der Waals surface area contributed by atoms with Gasteiger partial charge in [0.1, 0.15) is 5.70 Å². The maximum Gasteiger partial charge on any atom is 0.276 e. The molecule has 0 unspecified atom stereocenters. The van der Waals surface area contributed by atoms with Gasteiger partial charge < -0.3 is 4.90 Å². The van der Waals surface area contributed by atoms with Crippen molar-refractivity contribution in [2.24, 2.45) is 4.99 Å². The van der Waals surface area contributed by atoms with Crippen LogP contribution in [0, 0.1) is 0 Å². The number of amides is 1. The highest BCUT2D eigenvalue weighted by Gasteiger charge is 2.22. The number of nitrogens with zero attached hydrogens (tertiary/aromatic N) is 3. The molecule has 0 atom stereocenters. The Balaban J connectivity index is 1.56. The third-order valence-corrected chi connectivity index (χ3v) is 4.76. The molecule has 0 saturated carbocycles. The largest absolute Gasteiger partial charge is 0.341 e. The summed E-state index contributed by atoms with van der Waals surface area (Å²) in [6, 6.07) is 16.0. The maximum atomic E-state index is 12.2. The maximum absolute atomic E-state index is 12.2. The molecular formula is C19H16N4OS. The Morgan fingerprint density at radius 3 is 2.88 bits per heavy atom. The topological polar surface area (TPSA) is 57.6 Å². The summed E-state index contributed by atoms with van der Waals surface area (Å²) in [7, 11) is 1.92. The van der Waals surface area contributed by atoms with E-state index < -0.39 is 0 Å². The molecule has 3 aromatic rings. The predicted octanol–water partition coefficient (Wildman–Crippen LogP) is 3.26. The number of benzene rings is 2. The van der Waals surface area contributed by atoms with Gasteiger partial charge in [0.05, 0.1) is 15.7 Å². The smallest absolute Gasteiger partial charge is 0.276 e. The van der Waals surface area contributed by atoms with Crippen LogP contribution in [0.15, 0.2) is 64.7 Å². The first kappa shape index (κ1) is 15.5. The Morgan fingerprint density at radius 1 is 1.20 bits per heavy atom. The number of thiazole rings is 1. The molecule has 0 spiro atoms. The number of nitrogens with one attached hydrogen (secondary N) is 1. The number of carbonyl (C=O) groups is 1. The van der Waals surface area contributed by atoms with Crippen LogP contribution in [0.2, 0.25) is 0 Å². The van der Waals surface area contributed by atoms with Crippen molar-refractivity contribution in [1.29, 1.82) is 0 Å². The second kappa shape index (κ2) is 6.49. The van der Waals surface area contributed by atoms with E-state index >= 15 is 0 Å². The molecule has 124 valence electrons. The third kappa shape index (κ3) is 3.29. The predicted molar refractivity (Wildman–Crippen MR) is 101 cm³/mol. The van der Waals surface area contributed by atoms with Crippen molar-refractivity contribution in [3.63, 3.8) is 0 Å². The van der Waals surface area contributed by atoms with Crippen LogP contribution in [-0.4, -0.2) is 28.8 Å². The van der Waals surface area contributed by atoms with E-state index in [2.05, 4.69) is 27.4 Å². The number of fused-ring (bicyclic) bond motifs is 1. The monoisotopic (exact) mass is 348 g/mol. The normalized spacial score (nSPS) is 15.5. The molecule has 1 aromatic heterocycles. The van der Waals surface area contributed by atoms with E-state index in [1.54, 1.807) is 17.4 Å². The summed E-state index contributed by atoms with van der Waals surface area (Å²) in [5, 5.41) is 2.84. The van der Waals surface area contributed by atoms with Crippen molar-refractivity contribution in [3.8, 4) is 0 Å². The molecule has 2 heterocycles. The van der Waals surface area contributed by atoms with E-state index in [4.69, 9.17) is 0 Å². The lowest BCUT2D eigenvalue weighted by Gasteiger charge is -2.17. The van der Waals surface area contributed by atoms with Gasteiger partial charge in [0, 0.05) is 13.6 Å². The van der Waals surface area contributed by atoms with Crippen molar-refractivity contribution in [3.05, 3.63) is 70.9 Å². The molecule has 6 heteroatoms. The van der Waals surface area contributed by atoms with Crippen LogP contribution in [0.5, 0.6) is 0 Å². The van der Waals surface area contributed by atoms with Crippen molar-refractivity contribution in [1.82, 2.24) is 15.2 Å². The van der Waals surface area contributed by atoms with Crippen molar-refractivity contribution < 1.29 is 4.79 Å². The molecule has 0 aliphatic carbocycles. The highest BCUT2D eigenvalue weighted by Crippen LogP contribution is 2.21. The molecule has 0 radical (unpaired) electrons. The summed E-state index contributed by atoms with van der Waals surface area (Å²) in [6.07, 6.45) is 1.80. The van der Waals surface area contributed by atoms with Crippen LogP contribution in [0.1, 0.15) is 11.1 Å². The van der Waals surface area contributed by atoms with Gasteiger partial charge in [-0.1, -0.05) is 36.4 Å². The van der Waals surface area contributed by atoms with Crippen LogP contribution < -0.4 is 5.32 Å². The number of hydrogen-bond donors (Lipinski definition) is 1. The summed E-state index contributed by atoms with van der Waals surface area (Å²) < 4.78 is 1.10. The van der Waals surface area contributed by atoms with Gasteiger partial charge in [-0.05, 0) is 29.3 Å². The average Bonchev–Trinajstić information content (AvgIpc) is 3.22. The van der Waals surface area contributed by atoms with Crippen molar-refractivity contribution >= 4 is 39.5 Å². The van der Waals surface area contributed by atoms with Crippen LogP contribution in [0.4, 0.5) is 0 Å². The molecule has 4 rings (SSSR count). The Hall–Kier alpha value is -2.99. The fourth-order valence-electron chi connectivity index (χ4n) is 2.69. The SMILES string of the molecule is CN(Cc1ccccc1)C1=N/C(=C\c2ccc3ncsc3c2)C(=O)N1. The van der Waals surface area contributed by atoms with Crippen LogP contribution in [0.25, 0.3) is 16.3 Å². The molecule has 1 N–H and O–H groups in total. The molecule has 1 aliphatic heterocycles. The zero-order valence-electron chi connectivity index (χ0n) is 13.6. The molecule has 1 amide bonds. The van der Waals surface area contributed by atoms with E-state index in [0.29, 0.717) is 18.2 Å². The zero-order valence-corrected chi connectivity index (χ0v) is 14.5. The van der Waals surface area contributed by atoms with E-state index in [-0.39, 0.29) is 5.91 Å². The molecule has 25 heavy (non-hydrogen) atoms. The minimum atomic E-state index is -0.181. The number of hydrogen-bond acceptors (Lipinski definition) is 5. The summed E-state index contributed by atoms with van der Waals surface area (Å²) in [5.41, 5.74) is 5.31. The lowest BCUT2D eigenvalue weighted by molar-refractivity contribution is -0.115. The second-order valence-corrected chi connectivity index (χ2v) is 6.73. The standard InChI is InChI=1S/C19H16N4OS/c1-23(11-13-5-3-2-4-6-13)19-21-16(18(24)22-19)9-14-7-8-15-17(10-14)25-12-20-15/h2-10,12H,11H2,1H3,(H,21,22,24)/b16-9-. The first-order valence-corrected chi connectivity index (χ1v) is 8.77. The van der Waals surface area contributed by atoms with Crippen molar-refractivity contribution in [2.75, 3.05) is 7.05 Å². The first-order chi connectivity index (χ1) is 12.2. The van der Waals surface area contributed by atoms with Crippen LogP contribution in [0.3, 0.4) is 0 Å². The Kier molecular flexibility index (Phi) is 4.03. The summed E-state index contributed by atoms with van der Waals surface area (Å²) in [6.45, 7) is 0.681. The van der Waals surface area contributed by atoms with E-state index in [9.17, 15) is 4.79 Å². The van der Waals surface area contributed by atoms with Gasteiger partial charge in [-0.15, -0.1) is 11.3 Å². The lowest BCUT2D eigenvalue weighted by Crippen LogP contribution is -2.37. The van der Waals surface area contributed by atoms with Gasteiger partial charge in [0.2, 0.25) is 5.96 Å². The van der Waals surface area contributed by atoms with Crippen LogP contribution >= 0.6 is 11.3 Å². The number of aromatic nitrogens is 1. The Bertz CT molecular complexity index is 991. The summed E-state index contributed by atoms with van der Waals surface area (Å²) in [4.78, 5) is 22.9. The van der Waals surface area contributed by atoms with Crippen molar-refractivity contribution in [2.45, 2.75) is 6.54 Å². The van der Waals surface area contributed by atoms with Gasteiger partial charge in [-0.2, -0.15) is 0 Å². The van der Waals surface area contributed by atoms with E-state index in [0.717, 1.165) is 21.3 Å². The fourth-order valence-corrected chi connectivity index (χ4v) is 3.41.